The van der Waals surface area contributed by atoms with Crippen LogP contribution in [0.5, 0.6) is 23.0 Å². The lowest BCUT2D eigenvalue weighted by Crippen LogP contribution is -2.38. The van der Waals surface area contributed by atoms with E-state index < -0.39 is 0 Å². The van der Waals surface area contributed by atoms with E-state index in [1.54, 1.807) is 38.5 Å². The van der Waals surface area contributed by atoms with Gasteiger partial charge < -0.3 is 30.2 Å². The molecule has 2 fully saturated rings. The zero-order valence-electron chi connectivity index (χ0n) is 17.6. The Labute approximate surface area is 195 Å². The second-order valence-corrected chi connectivity index (χ2v) is 7.35. The van der Waals surface area contributed by atoms with Gasteiger partial charge in [-0.1, -0.05) is 6.07 Å². The highest BCUT2D eigenvalue weighted by Gasteiger charge is 2.40. The Balaban J connectivity index is 0.00000171. The van der Waals surface area contributed by atoms with E-state index in [0.29, 0.717) is 41.1 Å². The van der Waals surface area contributed by atoms with Gasteiger partial charge in [0.2, 0.25) is 0 Å². The van der Waals surface area contributed by atoms with Gasteiger partial charge in [0.15, 0.2) is 11.5 Å². The van der Waals surface area contributed by atoms with Gasteiger partial charge in [-0.3, -0.25) is 4.79 Å². The molecule has 1 amide bonds. The number of nitrogens with two attached hydrogens (primary N) is 1. The monoisotopic (exact) mass is 469 g/mol. The summed E-state index contributed by atoms with van der Waals surface area (Å²) in [6, 6.07) is 11.5. The van der Waals surface area contributed by atoms with Crippen LogP contribution in [0.2, 0.25) is 0 Å². The summed E-state index contributed by atoms with van der Waals surface area (Å²) < 4.78 is 16.9. The number of amides is 1. The number of rotatable bonds is 6. The molecule has 2 heterocycles. The Morgan fingerprint density at radius 3 is 2.55 bits per heavy atom. The molecule has 0 saturated carbocycles. The molecule has 2 aliphatic rings. The minimum Gasteiger partial charge on any atom is -0.496 e. The molecule has 9 heteroatoms. The van der Waals surface area contributed by atoms with Crippen molar-refractivity contribution < 1.29 is 19.0 Å². The molecule has 2 aliphatic heterocycles. The van der Waals surface area contributed by atoms with Crippen molar-refractivity contribution in [1.82, 2.24) is 10.2 Å². The first kappa shape index (κ1) is 25.1. The molecule has 0 radical (unpaired) electrons. The summed E-state index contributed by atoms with van der Waals surface area (Å²) in [5.74, 6) is 2.33. The first-order valence-electron chi connectivity index (χ1n) is 9.92. The number of nitrogens with one attached hydrogen (secondary N) is 1. The number of hydrogen-bond acceptors (Lipinski definition) is 6. The van der Waals surface area contributed by atoms with Crippen LogP contribution in [0.4, 0.5) is 0 Å². The Bertz CT molecular complexity index is 912. The van der Waals surface area contributed by atoms with E-state index in [1.165, 1.54) is 0 Å². The summed E-state index contributed by atoms with van der Waals surface area (Å²) in [7, 11) is 3.18. The Kier molecular flexibility index (Phi) is 8.82. The van der Waals surface area contributed by atoms with Gasteiger partial charge in [0, 0.05) is 42.4 Å². The number of methoxy groups -OCH3 is 2. The van der Waals surface area contributed by atoms with E-state index in [4.69, 9.17) is 19.9 Å². The maximum Gasteiger partial charge on any atom is 0.254 e. The van der Waals surface area contributed by atoms with E-state index in [1.807, 2.05) is 17.0 Å². The van der Waals surface area contributed by atoms with E-state index >= 15 is 0 Å². The molecule has 2 aromatic carbocycles. The lowest BCUT2D eigenvalue weighted by atomic mass is 10.1. The number of carbonyl (C=O) groups is 1. The van der Waals surface area contributed by atoms with Crippen LogP contribution < -0.4 is 25.3 Å². The van der Waals surface area contributed by atoms with Crippen LogP contribution in [0.3, 0.4) is 0 Å². The fourth-order valence-electron chi connectivity index (χ4n) is 4.26. The first-order valence-corrected chi connectivity index (χ1v) is 9.92. The molecular weight excluding hydrogens is 441 g/mol. The summed E-state index contributed by atoms with van der Waals surface area (Å²) in [5.41, 5.74) is 7.23. The van der Waals surface area contributed by atoms with Gasteiger partial charge in [0.25, 0.3) is 5.91 Å². The molecule has 7 nitrogen and oxygen atoms in total. The van der Waals surface area contributed by atoms with Crippen LogP contribution in [0.25, 0.3) is 0 Å². The molecule has 31 heavy (non-hydrogen) atoms. The summed E-state index contributed by atoms with van der Waals surface area (Å²) >= 11 is 0. The number of halogens is 2. The molecule has 0 unspecified atom stereocenters. The van der Waals surface area contributed by atoms with Crippen molar-refractivity contribution in [2.75, 3.05) is 27.3 Å². The van der Waals surface area contributed by atoms with Crippen molar-refractivity contribution in [3.63, 3.8) is 0 Å². The SMILES string of the molecule is COc1cc(Oc2cc(C(=O)N3CC[C@@H]4NCC[C@@H]43)ccc2OC)ccc1CN.Cl.Cl. The van der Waals surface area contributed by atoms with E-state index in [9.17, 15) is 4.79 Å². The molecule has 3 N–H and O–H groups in total. The standard InChI is InChI=1S/C22H27N3O4.2ClH/c1-27-19-6-4-14(22(26)25-10-8-17-18(25)7-9-24-17)11-21(19)29-16-5-3-15(13-23)20(12-16)28-2;;/h3-6,11-12,17-18,24H,7-10,13,23H2,1-2H3;2*1H/t17-,18-;;/m0../s1. The molecule has 0 aromatic heterocycles. The van der Waals surface area contributed by atoms with E-state index in [2.05, 4.69) is 5.32 Å². The minimum absolute atomic E-state index is 0. The predicted molar refractivity (Wildman–Crippen MR) is 124 cm³/mol. The second kappa shape index (κ2) is 10.9. The van der Waals surface area contributed by atoms with Crippen molar-refractivity contribution in [2.24, 2.45) is 5.73 Å². The Morgan fingerprint density at radius 2 is 1.84 bits per heavy atom. The smallest absolute Gasteiger partial charge is 0.254 e. The van der Waals surface area contributed by atoms with Crippen LogP contribution in [-0.2, 0) is 6.54 Å². The first-order chi connectivity index (χ1) is 14.1. The number of carbonyl (C=O) groups excluding carboxylic acids is 1. The third-order valence-corrected chi connectivity index (χ3v) is 5.77. The van der Waals surface area contributed by atoms with E-state index in [-0.39, 0.29) is 36.8 Å². The number of ether oxygens (including phenoxy) is 3. The van der Waals surface area contributed by atoms with Crippen LogP contribution in [0.15, 0.2) is 36.4 Å². The zero-order chi connectivity index (χ0) is 20.4. The topological polar surface area (TPSA) is 86.0 Å². The van der Waals surface area contributed by atoms with Crippen LogP contribution >= 0.6 is 24.8 Å². The summed E-state index contributed by atoms with van der Waals surface area (Å²) in [6.07, 6.45) is 2.01. The number of fused-ring (bicyclic) bond motifs is 1. The van der Waals surface area contributed by atoms with Gasteiger partial charge in [0.1, 0.15) is 11.5 Å². The quantitative estimate of drug-likeness (QED) is 0.674. The third kappa shape index (κ3) is 5.01. The molecule has 2 atom stereocenters. The lowest BCUT2D eigenvalue weighted by molar-refractivity contribution is 0.0736. The molecule has 0 bridgehead atoms. The Hall–Kier alpha value is -2.19. The van der Waals surface area contributed by atoms with Gasteiger partial charge in [0.05, 0.1) is 14.2 Å². The average molecular weight is 470 g/mol. The molecule has 170 valence electrons. The second-order valence-electron chi connectivity index (χ2n) is 7.35. The van der Waals surface area contributed by atoms with Gasteiger partial charge in [-0.15, -0.1) is 24.8 Å². The fourth-order valence-corrected chi connectivity index (χ4v) is 4.26. The largest absolute Gasteiger partial charge is 0.496 e. The van der Waals surface area contributed by atoms with Crippen LogP contribution in [0.1, 0.15) is 28.8 Å². The predicted octanol–water partition coefficient (Wildman–Crippen LogP) is 3.37. The number of likely N-dealkylation sites (tertiary alicyclic amines) is 1. The maximum absolute atomic E-state index is 13.1. The minimum atomic E-state index is 0. The van der Waals surface area contributed by atoms with Crippen molar-refractivity contribution in [3.05, 3.63) is 47.5 Å². The van der Waals surface area contributed by atoms with Crippen molar-refractivity contribution in [1.29, 1.82) is 0 Å². The molecular formula is C22H29Cl2N3O4. The molecule has 2 saturated heterocycles. The fraction of sp³-hybridized carbons (Fsp3) is 0.409. The van der Waals surface area contributed by atoms with Crippen molar-refractivity contribution in [2.45, 2.75) is 31.5 Å². The molecule has 0 aliphatic carbocycles. The normalized spacial score (nSPS) is 19.1. The summed E-state index contributed by atoms with van der Waals surface area (Å²) in [6.45, 7) is 2.13. The maximum atomic E-state index is 13.1. The number of benzene rings is 2. The molecule has 2 aromatic rings. The van der Waals surface area contributed by atoms with Gasteiger partial charge in [-0.25, -0.2) is 0 Å². The highest BCUT2D eigenvalue weighted by Crippen LogP contribution is 2.35. The molecule has 4 rings (SSSR count). The van der Waals surface area contributed by atoms with Crippen LogP contribution in [-0.4, -0.2) is 50.2 Å². The Morgan fingerprint density at radius 1 is 1.06 bits per heavy atom. The average Bonchev–Trinajstić information content (AvgIpc) is 3.37. The zero-order valence-corrected chi connectivity index (χ0v) is 19.3. The highest BCUT2D eigenvalue weighted by molar-refractivity contribution is 5.95. The number of nitrogens with zero attached hydrogens (tertiary/aromatic N) is 1. The lowest BCUT2D eigenvalue weighted by Gasteiger charge is -2.24. The third-order valence-electron chi connectivity index (χ3n) is 5.77. The van der Waals surface area contributed by atoms with E-state index in [0.717, 1.165) is 31.5 Å². The van der Waals surface area contributed by atoms with Gasteiger partial charge in [-0.05, 0) is 43.7 Å². The molecule has 0 spiro atoms. The van der Waals surface area contributed by atoms with Crippen molar-refractivity contribution >= 4 is 30.7 Å². The van der Waals surface area contributed by atoms with Gasteiger partial charge >= 0.3 is 0 Å². The van der Waals surface area contributed by atoms with Gasteiger partial charge in [-0.2, -0.15) is 0 Å². The summed E-state index contributed by atoms with van der Waals surface area (Å²) in [5, 5.41) is 3.48. The van der Waals surface area contributed by atoms with Crippen molar-refractivity contribution in [3.8, 4) is 23.0 Å². The highest BCUT2D eigenvalue weighted by atomic mass is 35.5. The summed E-state index contributed by atoms with van der Waals surface area (Å²) in [4.78, 5) is 15.1. The van der Waals surface area contributed by atoms with Crippen LogP contribution in [0, 0.1) is 0 Å². The number of hydrogen-bond donors (Lipinski definition) is 2.